The van der Waals surface area contributed by atoms with Gasteiger partial charge >= 0.3 is 0 Å². The number of aliphatic hydroxyl groups is 1. The molecule has 1 fully saturated rings. The molecule has 2 nitrogen and oxygen atoms in total. The highest BCUT2D eigenvalue weighted by molar-refractivity contribution is 5.30. The van der Waals surface area contributed by atoms with Crippen LogP contribution in [0.2, 0.25) is 0 Å². The lowest BCUT2D eigenvalue weighted by Crippen LogP contribution is -2.22. The van der Waals surface area contributed by atoms with Gasteiger partial charge in [0.2, 0.25) is 0 Å². The molecule has 1 aliphatic carbocycles. The molecule has 15 heavy (non-hydrogen) atoms. The Kier molecular flexibility index (Phi) is 3.27. The molecule has 1 aliphatic rings. The molecule has 1 N–H and O–H groups in total. The van der Waals surface area contributed by atoms with Crippen LogP contribution in [0.4, 0.5) is 0 Å². The van der Waals surface area contributed by atoms with E-state index in [0.717, 1.165) is 25.0 Å². The first-order chi connectivity index (χ1) is 7.31. The van der Waals surface area contributed by atoms with Crippen molar-refractivity contribution in [2.75, 3.05) is 7.11 Å². The molecule has 2 heteroatoms. The lowest BCUT2D eigenvalue weighted by atomic mass is 9.82. The van der Waals surface area contributed by atoms with E-state index in [0.29, 0.717) is 5.92 Å². The van der Waals surface area contributed by atoms with Gasteiger partial charge in [0, 0.05) is 5.92 Å². The van der Waals surface area contributed by atoms with Gasteiger partial charge in [0.25, 0.3) is 0 Å². The molecule has 0 bridgehead atoms. The lowest BCUT2D eigenvalue weighted by Gasteiger charge is -2.27. The first-order valence-corrected chi connectivity index (χ1v) is 5.63. The maximum atomic E-state index is 9.92. The topological polar surface area (TPSA) is 29.5 Å². The minimum Gasteiger partial charge on any atom is -0.497 e. The summed E-state index contributed by atoms with van der Waals surface area (Å²) in [7, 11) is 1.67. The molecule has 0 spiro atoms. The van der Waals surface area contributed by atoms with Crippen LogP contribution in [-0.4, -0.2) is 18.3 Å². The number of aliphatic hydroxyl groups excluding tert-OH is 1. The minimum atomic E-state index is -0.160. The van der Waals surface area contributed by atoms with Crippen LogP contribution >= 0.6 is 0 Å². The molecule has 2 atom stereocenters. The molecule has 82 valence electrons. The molecule has 0 radical (unpaired) electrons. The van der Waals surface area contributed by atoms with Gasteiger partial charge in [0.05, 0.1) is 13.2 Å². The van der Waals surface area contributed by atoms with E-state index in [-0.39, 0.29) is 6.10 Å². The quantitative estimate of drug-likeness (QED) is 0.806. The highest BCUT2D eigenvalue weighted by Gasteiger charge is 2.24. The van der Waals surface area contributed by atoms with Crippen LogP contribution in [-0.2, 0) is 0 Å². The van der Waals surface area contributed by atoms with Gasteiger partial charge in [0.1, 0.15) is 5.75 Å². The normalized spacial score (nSPS) is 26.3. The van der Waals surface area contributed by atoms with E-state index >= 15 is 0 Å². The summed E-state index contributed by atoms with van der Waals surface area (Å²) in [6, 6.07) is 8.07. The van der Waals surface area contributed by atoms with Crippen LogP contribution in [0.15, 0.2) is 24.3 Å². The number of methoxy groups -OCH3 is 1. The van der Waals surface area contributed by atoms with E-state index in [9.17, 15) is 5.11 Å². The zero-order valence-electron chi connectivity index (χ0n) is 9.15. The van der Waals surface area contributed by atoms with E-state index < -0.39 is 0 Å². The first kappa shape index (κ1) is 10.5. The second kappa shape index (κ2) is 4.67. The van der Waals surface area contributed by atoms with Crippen LogP contribution in [0.5, 0.6) is 5.75 Å². The van der Waals surface area contributed by atoms with Crippen molar-refractivity contribution < 1.29 is 9.84 Å². The van der Waals surface area contributed by atoms with Crippen molar-refractivity contribution >= 4 is 0 Å². The highest BCUT2D eigenvalue weighted by Crippen LogP contribution is 2.33. The molecule has 0 unspecified atom stereocenters. The predicted molar refractivity (Wildman–Crippen MR) is 60.2 cm³/mol. The molecular formula is C13H18O2. The maximum absolute atomic E-state index is 9.92. The Morgan fingerprint density at radius 2 is 1.80 bits per heavy atom. The van der Waals surface area contributed by atoms with Gasteiger partial charge in [-0.2, -0.15) is 0 Å². The predicted octanol–water partition coefficient (Wildman–Crippen LogP) is 2.71. The van der Waals surface area contributed by atoms with Crippen molar-refractivity contribution in [3.63, 3.8) is 0 Å². The fourth-order valence-electron chi connectivity index (χ4n) is 2.35. The van der Waals surface area contributed by atoms with Crippen molar-refractivity contribution in [3.8, 4) is 5.75 Å². The molecular weight excluding hydrogens is 188 g/mol. The van der Waals surface area contributed by atoms with Gasteiger partial charge in [-0.25, -0.2) is 0 Å². The summed E-state index contributed by atoms with van der Waals surface area (Å²) < 4.78 is 5.12. The third-order valence-electron chi connectivity index (χ3n) is 3.27. The summed E-state index contributed by atoms with van der Waals surface area (Å²) >= 11 is 0. The van der Waals surface area contributed by atoms with Gasteiger partial charge in [-0.15, -0.1) is 0 Å². The molecule has 0 heterocycles. The van der Waals surface area contributed by atoms with Gasteiger partial charge in [-0.1, -0.05) is 25.0 Å². The average Bonchev–Trinajstić information content (AvgIpc) is 2.30. The van der Waals surface area contributed by atoms with Gasteiger partial charge < -0.3 is 9.84 Å². The lowest BCUT2D eigenvalue weighted by molar-refractivity contribution is 0.106. The molecule has 0 aromatic heterocycles. The number of rotatable bonds is 2. The summed E-state index contributed by atoms with van der Waals surface area (Å²) in [5.74, 6) is 1.20. The Morgan fingerprint density at radius 3 is 2.40 bits per heavy atom. The fourth-order valence-corrected chi connectivity index (χ4v) is 2.35. The number of ether oxygens (including phenoxy) is 1. The Bertz CT molecular complexity index is 305. The molecule has 0 saturated heterocycles. The molecule has 0 aliphatic heterocycles. The van der Waals surface area contributed by atoms with Crippen LogP contribution in [0.3, 0.4) is 0 Å². The number of hydrogen-bond donors (Lipinski definition) is 1. The second-order valence-corrected chi connectivity index (χ2v) is 4.23. The highest BCUT2D eigenvalue weighted by atomic mass is 16.5. The minimum absolute atomic E-state index is 0.160. The van der Waals surface area contributed by atoms with E-state index in [1.807, 2.05) is 12.1 Å². The summed E-state index contributed by atoms with van der Waals surface area (Å²) in [5.41, 5.74) is 1.24. The second-order valence-electron chi connectivity index (χ2n) is 4.23. The van der Waals surface area contributed by atoms with E-state index in [2.05, 4.69) is 12.1 Å². The Labute approximate surface area is 90.9 Å². The van der Waals surface area contributed by atoms with E-state index in [1.165, 1.54) is 12.0 Å². The van der Waals surface area contributed by atoms with E-state index in [4.69, 9.17) is 4.74 Å². The maximum Gasteiger partial charge on any atom is 0.118 e. The van der Waals surface area contributed by atoms with Crippen molar-refractivity contribution in [1.29, 1.82) is 0 Å². The van der Waals surface area contributed by atoms with Gasteiger partial charge in [-0.05, 0) is 30.5 Å². The molecule has 0 amide bonds. The van der Waals surface area contributed by atoms with Gasteiger partial charge in [0.15, 0.2) is 0 Å². The molecule has 2 rings (SSSR count). The summed E-state index contributed by atoms with van der Waals surface area (Å²) in [4.78, 5) is 0. The first-order valence-electron chi connectivity index (χ1n) is 5.63. The van der Waals surface area contributed by atoms with E-state index in [1.54, 1.807) is 7.11 Å². The zero-order valence-corrected chi connectivity index (χ0v) is 9.15. The molecule has 1 aromatic carbocycles. The fraction of sp³-hybridized carbons (Fsp3) is 0.538. The summed E-state index contributed by atoms with van der Waals surface area (Å²) in [6.45, 7) is 0. The van der Waals surface area contributed by atoms with Crippen molar-refractivity contribution in [2.45, 2.75) is 37.7 Å². The largest absolute Gasteiger partial charge is 0.497 e. The zero-order chi connectivity index (χ0) is 10.7. The van der Waals surface area contributed by atoms with Crippen molar-refractivity contribution in [3.05, 3.63) is 29.8 Å². The Morgan fingerprint density at radius 1 is 1.13 bits per heavy atom. The van der Waals surface area contributed by atoms with Gasteiger partial charge in [-0.3, -0.25) is 0 Å². The average molecular weight is 206 g/mol. The number of benzene rings is 1. The monoisotopic (exact) mass is 206 g/mol. The Hall–Kier alpha value is -1.02. The van der Waals surface area contributed by atoms with Crippen molar-refractivity contribution in [2.24, 2.45) is 0 Å². The number of hydrogen-bond acceptors (Lipinski definition) is 2. The van der Waals surface area contributed by atoms with Crippen molar-refractivity contribution in [1.82, 2.24) is 0 Å². The summed E-state index contributed by atoms with van der Waals surface area (Å²) in [6.07, 6.45) is 4.28. The third kappa shape index (κ3) is 2.32. The molecule has 1 saturated carbocycles. The molecule has 1 aromatic rings. The van der Waals surface area contributed by atoms with Crippen LogP contribution in [0.25, 0.3) is 0 Å². The standard InChI is InChI=1S/C13H18O2/c1-15-11-8-6-10(7-9-11)12-4-2-3-5-13(12)14/h6-9,12-14H,2-5H2,1H3/t12-,13-/m0/s1. The van der Waals surface area contributed by atoms with Crippen LogP contribution in [0.1, 0.15) is 37.2 Å². The third-order valence-corrected chi connectivity index (χ3v) is 3.27. The van der Waals surface area contributed by atoms with Crippen LogP contribution < -0.4 is 4.74 Å². The smallest absolute Gasteiger partial charge is 0.118 e. The Balaban J connectivity index is 2.13. The SMILES string of the molecule is COc1ccc([C@@H]2CCCC[C@@H]2O)cc1. The summed E-state index contributed by atoms with van der Waals surface area (Å²) in [5, 5.41) is 9.92. The van der Waals surface area contributed by atoms with Crippen LogP contribution in [0, 0.1) is 0 Å².